The van der Waals surface area contributed by atoms with Crippen molar-refractivity contribution in [2.75, 3.05) is 14.2 Å². The van der Waals surface area contributed by atoms with Crippen molar-refractivity contribution < 1.29 is 19.4 Å². The second-order valence-corrected chi connectivity index (χ2v) is 4.75. The van der Waals surface area contributed by atoms with E-state index < -0.39 is 11.4 Å². The van der Waals surface area contributed by atoms with Gasteiger partial charge in [0.15, 0.2) is 0 Å². The molecule has 98 valence electrons. The Hall–Kier alpha value is -1.71. The molecule has 0 spiro atoms. The minimum absolute atomic E-state index is 0.678. The molecule has 0 amide bonds. The summed E-state index contributed by atoms with van der Waals surface area (Å²) in [6.45, 7) is 1.90. The quantitative estimate of drug-likeness (QED) is 0.892. The lowest BCUT2D eigenvalue weighted by Gasteiger charge is -2.38. The van der Waals surface area contributed by atoms with Gasteiger partial charge in [0.05, 0.1) is 19.6 Å². The molecule has 1 fully saturated rings. The van der Waals surface area contributed by atoms with Crippen molar-refractivity contribution >= 4 is 5.97 Å². The lowest BCUT2D eigenvalue weighted by molar-refractivity contribution is -0.147. The van der Waals surface area contributed by atoms with Gasteiger partial charge in [0.1, 0.15) is 11.5 Å². The van der Waals surface area contributed by atoms with Crippen molar-refractivity contribution in [2.24, 2.45) is 0 Å². The van der Waals surface area contributed by atoms with Crippen LogP contribution in [0.5, 0.6) is 11.5 Å². The highest BCUT2D eigenvalue weighted by Gasteiger charge is 2.46. The predicted octanol–water partition coefficient (Wildman–Crippen LogP) is 2.52. The molecule has 1 aliphatic carbocycles. The van der Waals surface area contributed by atoms with Crippen LogP contribution in [0.1, 0.15) is 30.4 Å². The van der Waals surface area contributed by atoms with Crippen LogP contribution < -0.4 is 9.47 Å². The van der Waals surface area contributed by atoms with E-state index in [9.17, 15) is 9.90 Å². The second kappa shape index (κ2) is 4.52. The maximum Gasteiger partial charge on any atom is 0.314 e. The van der Waals surface area contributed by atoms with Crippen LogP contribution >= 0.6 is 0 Å². The molecule has 0 heterocycles. The minimum atomic E-state index is -0.762. The fourth-order valence-electron chi connectivity index (χ4n) is 2.52. The average Bonchev–Trinajstić information content (AvgIpc) is 2.28. The zero-order chi connectivity index (χ0) is 13.3. The van der Waals surface area contributed by atoms with Crippen LogP contribution in [-0.4, -0.2) is 25.3 Å². The molecule has 0 bridgehead atoms. The molecule has 0 radical (unpaired) electrons. The lowest BCUT2D eigenvalue weighted by Crippen LogP contribution is -2.42. The van der Waals surface area contributed by atoms with Crippen molar-refractivity contribution in [1.82, 2.24) is 0 Å². The fourth-order valence-corrected chi connectivity index (χ4v) is 2.52. The number of rotatable bonds is 4. The van der Waals surface area contributed by atoms with Gasteiger partial charge in [-0.3, -0.25) is 4.79 Å². The molecule has 1 aliphatic rings. The third-order valence-corrected chi connectivity index (χ3v) is 3.92. The molecule has 18 heavy (non-hydrogen) atoms. The van der Waals surface area contributed by atoms with E-state index in [0.29, 0.717) is 24.3 Å². The van der Waals surface area contributed by atoms with Crippen molar-refractivity contribution in [3.63, 3.8) is 0 Å². The molecular weight excluding hydrogens is 232 g/mol. The van der Waals surface area contributed by atoms with E-state index in [1.54, 1.807) is 14.2 Å². The van der Waals surface area contributed by atoms with Crippen LogP contribution in [0.4, 0.5) is 0 Å². The summed E-state index contributed by atoms with van der Waals surface area (Å²) >= 11 is 0. The van der Waals surface area contributed by atoms with Crippen molar-refractivity contribution in [3.05, 3.63) is 23.3 Å². The second-order valence-electron chi connectivity index (χ2n) is 4.75. The summed E-state index contributed by atoms with van der Waals surface area (Å²) in [6, 6.07) is 3.65. The Morgan fingerprint density at radius 2 is 1.72 bits per heavy atom. The molecule has 4 nitrogen and oxygen atoms in total. The summed E-state index contributed by atoms with van der Waals surface area (Å²) in [7, 11) is 3.17. The Morgan fingerprint density at radius 3 is 2.00 bits per heavy atom. The number of hydrogen-bond acceptors (Lipinski definition) is 3. The van der Waals surface area contributed by atoms with Gasteiger partial charge in [-0.05, 0) is 37.5 Å². The number of carbonyl (C=O) groups is 1. The van der Waals surface area contributed by atoms with Crippen LogP contribution in [0.2, 0.25) is 0 Å². The Labute approximate surface area is 107 Å². The maximum atomic E-state index is 11.5. The van der Waals surface area contributed by atoms with Gasteiger partial charge in [0, 0.05) is 5.56 Å². The molecular formula is C14H18O4. The monoisotopic (exact) mass is 250 g/mol. The van der Waals surface area contributed by atoms with E-state index in [-0.39, 0.29) is 0 Å². The molecule has 0 aliphatic heterocycles. The molecule has 0 saturated heterocycles. The molecule has 0 aromatic heterocycles. The van der Waals surface area contributed by atoms with Crippen molar-refractivity contribution in [1.29, 1.82) is 0 Å². The number of methoxy groups -OCH3 is 2. The summed E-state index contributed by atoms with van der Waals surface area (Å²) in [5, 5.41) is 9.45. The van der Waals surface area contributed by atoms with E-state index in [4.69, 9.17) is 9.47 Å². The minimum Gasteiger partial charge on any atom is -0.496 e. The van der Waals surface area contributed by atoms with Crippen LogP contribution in [0, 0.1) is 6.92 Å². The predicted molar refractivity (Wildman–Crippen MR) is 67.4 cm³/mol. The Morgan fingerprint density at radius 1 is 1.22 bits per heavy atom. The first-order valence-electron chi connectivity index (χ1n) is 6.01. The summed E-state index contributed by atoms with van der Waals surface area (Å²) < 4.78 is 10.6. The third-order valence-electron chi connectivity index (χ3n) is 3.92. The summed E-state index contributed by atoms with van der Waals surface area (Å²) in [4.78, 5) is 11.5. The SMILES string of the molecule is COc1cc(C2(C(=O)O)CCC2)cc(OC)c1C. The smallest absolute Gasteiger partial charge is 0.314 e. The van der Waals surface area contributed by atoms with E-state index >= 15 is 0 Å². The molecule has 1 saturated carbocycles. The van der Waals surface area contributed by atoms with Crippen LogP contribution in [-0.2, 0) is 10.2 Å². The normalized spacial score (nSPS) is 16.8. The average molecular weight is 250 g/mol. The number of benzene rings is 1. The fraction of sp³-hybridized carbons (Fsp3) is 0.500. The Kier molecular flexibility index (Phi) is 3.20. The van der Waals surface area contributed by atoms with E-state index in [1.807, 2.05) is 19.1 Å². The Balaban J connectivity index is 2.54. The van der Waals surface area contributed by atoms with Gasteiger partial charge in [0.2, 0.25) is 0 Å². The molecule has 1 aromatic rings. The van der Waals surface area contributed by atoms with E-state index in [0.717, 1.165) is 17.5 Å². The molecule has 2 rings (SSSR count). The zero-order valence-electron chi connectivity index (χ0n) is 10.9. The zero-order valence-corrected chi connectivity index (χ0v) is 10.9. The first kappa shape index (κ1) is 12.7. The highest BCUT2D eigenvalue weighted by molar-refractivity contribution is 5.83. The van der Waals surface area contributed by atoms with Gasteiger partial charge in [-0.2, -0.15) is 0 Å². The summed E-state index contributed by atoms with van der Waals surface area (Å²) in [6.07, 6.45) is 2.31. The number of hydrogen-bond donors (Lipinski definition) is 1. The number of aliphatic carboxylic acids is 1. The first-order chi connectivity index (χ1) is 8.55. The van der Waals surface area contributed by atoms with Crippen LogP contribution in [0.3, 0.4) is 0 Å². The van der Waals surface area contributed by atoms with Crippen molar-refractivity contribution in [2.45, 2.75) is 31.6 Å². The number of carboxylic acid groups (broad SMARTS) is 1. The van der Waals surface area contributed by atoms with Crippen LogP contribution in [0.15, 0.2) is 12.1 Å². The maximum absolute atomic E-state index is 11.5. The topological polar surface area (TPSA) is 55.8 Å². The third kappa shape index (κ3) is 1.72. The molecule has 0 atom stereocenters. The Bertz CT molecular complexity index is 450. The lowest BCUT2D eigenvalue weighted by atomic mass is 9.64. The summed E-state index contributed by atoms with van der Waals surface area (Å²) in [5.41, 5.74) is 0.915. The van der Waals surface area contributed by atoms with Gasteiger partial charge < -0.3 is 14.6 Å². The molecule has 4 heteroatoms. The van der Waals surface area contributed by atoms with Crippen LogP contribution in [0.25, 0.3) is 0 Å². The number of carboxylic acids is 1. The first-order valence-corrected chi connectivity index (χ1v) is 6.01. The number of ether oxygens (including phenoxy) is 2. The molecule has 0 unspecified atom stereocenters. The van der Waals surface area contributed by atoms with Gasteiger partial charge in [-0.15, -0.1) is 0 Å². The van der Waals surface area contributed by atoms with Gasteiger partial charge in [-0.25, -0.2) is 0 Å². The van der Waals surface area contributed by atoms with Crippen molar-refractivity contribution in [3.8, 4) is 11.5 Å². The largest absolute Gasteiger partial charge is 0.496 e. The molecule has 1 N–H and O–H groups in total. The molecule has 1 aromatic carbocycles. The standard InChI is InChI=1S/C14H18O4/c1-9-11(17-2)7-10(8-12(9)18-3)14(13(15)16)5-4-6-14/h7-8H,4-6H2,1-3H3,(H,15,16). The van der Waals surface area contributed by atoms with Gasteiger partial charge in [-0.1, -0.05) is 6.42 Å². The van der Waals surface area contributed by atoms with Gasteiger partial charge in [0.25, 0.3) is 0 Å². The van der Waals surface area contributed by atoms with E-state index in [1.165, 1.54) is 0 Å². The van der Waals surface area contributed by atoms with Gasteiger partial charge >= 0.3 is 5.97 Å². The van der Waals surface area contributed by atoms with E-state index in [2.05, 4.69) is 0 Å². The summed E-state index contributed by atoms with van der Waals surface area (Å²) in [5.74, 6) is 0.593. The highest BCUT2D eigenvalue weighted by atomic mass is 16.5. The highest BCUT2D eigenvalue weighted by Crippen LogP contribution is 2.46.